The molecule has 0 unspecified atom stereocenters. The van der Waals surface area contributed by atoms with Crippen molar-refractivity contribution in [1.82, 2.24) is 5.32 Å². The first-order chi connectivity index (χ1) is 18.0. The summed E-state index contributed by atoms with van der Waals surface area (Å²) in [6, 6.07) is 13.9. The summed E-state index contributed by atoms with van der Waals surface area (Å²) in [5, 5.41) is 3.55. The summed E-state index contributed by atoms with van der Waals surface area (Å²) in [5.74, 6) is -1.99. The summed E-state index contributed by atoms with van der Waals surface area (Å²) in [5.41, 5.74) is 7.94. The van der Waals surface area contributed by atoms with Gasteiger partial charge in [-0.25, -0.2) is 0 Å². The van der Waals surface area contributed by atoms with Gasteiger partial charge in [-0.3, -0.25) is 14.4 Å². The molecule has 1 aliphatic heterocycles. The zero-order chi connectivity index (χ0) is 28.0. The number of nitrogens with zero attached hydrogens (tertiary/aromatic N) is 1. The van der Waals surface area contributed by atoms with Crippen molar-refractivity contribution in [2.24, 2.45) is 23.0 Å². The monoisotopic (exact) mass is 533 g/mol. The van der Waals surface area contributed by atoms with Gasteiger partial charge in [0.1, 0.15) is 6.04 Å². The van der Waals surface area contributed by atoms with E-state index in [9.17, 15) is 14.4 Å². The predicted molar refractivity (Wildman–Crippen MR) is 155 cm³/mol. The van der Waals surface area contributed by atoms with Gasteiger partial charge in [0.2, 0.25) is 11.8 Å². The Morgan fingerprint density at radius 2 is 1.71 bits per heavy atom. The minimum atomic E-state index is -1.21. The number of carbonyl (C=O) groups is 3. The summed E-state index contributed by atoms with van der Waals surface area (Å²) in [6.45, 7) is 11.6. The van der Waals surface area contributed by atoms with E-state index in [2.05, 4.69) is 18.5 Å². The second-order valence-corrected chi connectivity index (χ2v) is 10.6. The Balaban J connectivity index is 2.12. The van der Waals surface area contributed by atoms with Crippen molar-refractivity contribution < 1.29 is 14.4 Å². The van der Waals surface area contributed by atoms with Gasteiger partial charge in [-0.15, -0.1) is 13.2 Å². The van der Waals surface area contributed by atoms with Crippen LogP contribution in [0.5, 0.6) is 0 Å². The average molecular weight is 534 g/mol. The molecule has 0 spiro atoms. The van der Waals surface area contributed by atoms with Gasteiger partial charge in [0.25, 0.3) is 5.91 Å². The topological polar surface area (TPSA) is 92.5 Å². The number of likely N-dealkylation sites (N-methyl/N-ethyl adjacent to an activating group) is 1. The molecule has 3 rings (SSSR count). The molecule has 2 atom stereocenters. The number of halogens is 1. The Morgan fingerprint density at radius 1 is 1.11 bits per heavy atom. The van der Waals surface area contributed by atoms with Crippen LogP contribution in [0, 0.1) is 17.3 Å². The zero-order valence-electron chi connectivity index (χ0n) is 22.2. The fraction of sp³-hybridized carbons (Fsp3) is 0.323. The number of primary amides is 1. The first-order valence-corrected chi connectivity index (χ1v) is 13.1. The molecule has 38 heavy (non-hydrogen) atoms. The van der Waals surface area contributed by atoms with Crippen LogP contribution in [0.15, 0.2) is 79.9 Å². The van der Waals surface area contributed by atoms with Gasteiger partial charge in [0, 0.05) is 17.6 Å². The number of hydrogen-bond donors (Lipinski definition) is 2. The second kappa shape index (κ2) is 12.3. The highest BCUT2D eigenvalue weighted by molar-refractivity contribution is 6.30. The van der Waals surface area contributed by atoms with Crippen LogP contribution >= 0.6 is 11.6 Å². The van der Waals surface area contributed by atoms with E-state index in [1.807, 2.05) is 50.2 Å². The van der Waals surface area contributed by atoms with Crippen LogP contribution in [0.25, 0.3) is 5.57 Å². The highest BCUT2D eigenvalue weighted by Crippen LogP contribution is 2.41. The van der Waals surface area contributed by atoms with Crippen molar-refractivity contribution >= 4 is 40.6 Å². The molecule has 0 bridgehead atoms. The van der Waals surface area contributed by atoms with Gasteiger partial charge in [-0.2, -0.15) is 0 Å². The number of rotatable bonds is 11. The first kappa shape index (κ1) is 28.9. The molecule has 3 amide bonds. The molecular weight excluding hydrogens is 498 g/mol. The van der Waals surface area contributed by atoms with Crippen molar-refractivity contribution in [3.63, 3.8) is 0 Å². The Morgan fingerprint density at radius 3 is 2.26 bits per heavy atom. The smallest absolute Gasteiger partial charge is 0.253 e. The van der Waals surface area contributed by atoms with Crippen LogP contribution in [-0.4, -0.2) is 30.8 Å². The number of hydrogen-bond acceptors (Lipinski definition) is 3. The molecule has 1 heterocycles. The summed E-state index contributed by atoms with van der Waals surface area (Å²) in [7, 11) is 1.69. The number of amides is 3. The third-order valence-corrected chi connectivity index (χ3v) is 7.39. The molecule has 7 heteroatoms. The number of nitrogens with one attached hydrogen (secondary N) is 1. The van der Waals surface area contributed by atoms with Crippen LogP contribution in [0.3, 0.4) is 0 Å². The van der Waals surface area contributed by atoms with Gasteiger partial charge in [-0.05, 0) is 60.6 Å². The number of anilines is 1. The van der Waals surface area contributed by atoms with Crippen LogP contribution in [0.4, 0.5) is 5.69 Å². The zero-order valence-corrected chi connectivity index (χ0v) is 23.0. The molecule has 0 aliphatic carbocycles. The van der Waals surface area contributed by atoms with Gasteiger partial charge in [0.15, 0.2) is 0 Å². The molecule has 0 saturated carbocycles. The summed E-state index contributed by atoms with van der Waals surface area (Å²) >= 11 is 6.13. The lowest BCUT2D eigenvalue weighted by molar-refractivity contribution is -0.142. The summed E-state index contributed by atoms with van der Waals surface area (Å²) in [6.07, 6.45) is 5.82. The third kappa shape index (κ3) is 5.91. The van der Waals surface area contributed by atoms with Gasteiger partial charge >= 0.3 is 0 Å². The van der Waals surface area contributed by atoms with E-state index in [0.717, 1.165) is 22.4 Å². The fourth-order valence-corrected chi connectivity index (χ4v) is 5.32. The standard InChI is InChI=1S/C31H36ClN3O3/c1-6-16-31(17-7-2,30(33)38)25(18-20(3)4)28(36)34-26-19-24(21-12-14-22(32)15-13-21)23-10-8-9-11-27(23)35(5)29(26)37/h6-15,19-20,25-26H,1-2,16-18H2,3-5H3,(H2,33,38)(H,34,36)/t25-,26-/m0/s1. The first-order valence-electron chi connectivity index (χ1n) is 12.7. The maximum atomic E-state index is 14.0. The second-order valence-electron chi connectivity index (χ2n) is 10.2. The number of allylic oxidation sites excluding steroid dienone is 2. The molecule has 0 aromatic heterocycles. The summed E-state index contributed by atoms with van der Waals surface area (Å²) in [4.78, 5) is 42.0. The SMILES string of the molecule is C=CCC(CC=C)(C(N)=O)[C@@H](CC(C)C)C(=O)N[C@H]1C=C(c2ccc(Cl)cc2)c2ccccc2N(C)C1=O. The van der Waals surface area contributed by atoms with Crippen LogP contribution in [0.1, 0.15) is 44.2 Å². The third-order valence-electron chi connectivity index (χ3n) is 7.14. The van der Waals surface area contributed by atoms with Crippen molar-refractivity contribution in [1.29, 1.82) is 0 Å². The van der Waals surface area contributed by atoms with E-state index in [1.54, 1.807) is 42.3 Å². The minimum absolute atomic E-state index is 0.0936. The normalized spacial score (nSPS) is 16.2. The predicted octanol–water partition coefficient (Wildman–Crippen LogP) is 5.52. The highest BCUT2D eigenvalue weighted by atomic mass is 35.5. The molecule has 200 valence electrons. The molecule has 3 N–H and O–H groups in total. The molecular formula is C31H36ClN3O3. The molecule has 0 fully saturated rings. The van der Waals surface area contributed by atoms with Crippen LogP contribution < -0.4 is 16.0 Å². The van der Waals surface area contributed by atoms with E-state index in [1.165, 1.54) is 0 Å². The van der Waals surface area contributed by atoms with Crippen molar-refractivity contribution in [2.45, 2.75) is 39.2 Å². The van der Waals surface area contributed by atoms with Crippen molar-refractivity contribution in [2.75, 3.05) is 11.9 Å². The van der Waals surface area contributed by atoms with Gasteiger partial charge < -0.3 is 16.0 Å². The van der Waals surface area contributed by atoms with E-state index in [4.69, 9.17) is 17.3 Å². The summed E-state index contributed by atoms with van der Waals surface area (Å²) < 4.78 is 0. The van der Waals surface area contributed by atoms with E-state index in [-0.39, 0.29) is 24.7 Å². The van der Waals surface area contributed by atoms with Gasteiger partial charge in [-0.1, -0.05) is 67.9 Å². The fourth-order valence-electron chi connectivity index (χ4n) is 5.20. The van der Waals surface area contributed by atoms with Crippen LogP contribution in [-0.2, 0) is 14.4 Å². The van der Waals surface area contributed by atoms with Gasteiger partial charge in [0.05, 0.1) is 17.0 Å². The minimum Gasteiger partial charge on any atom is -0.369 e. The Labute approximate surface area is 230 Å². The van der Waals surface area contributed by atoms with Crippen LogP contribution in [0.2, 0.25) is 5.02 Å². The van der Waals surface area contributed by atoms with E-state index >= 15 is 0 Å². The van der Waals surface area contributed by atoms with E-state index < -0.39 is 29.2 Å². The highest BCUT2D eigenvalue weighted by Gasteiger charge is 2.47. The average Bonchev–Trinajstić information content (AvgIpc) is 2.98. The van der Waals surface area contributed by atoms with Crippen molar-refractivity contribution in [3.05, 3.63) is 96.1 Å². The number of para-hydroxylation sites is 1. The molecule has 0 saturated heterocycles. The maximum absolute atomic E-state index is 14.0. The lowest BCUT2D eigenvalue weighted by atomic mass is 9.66. The number of nitrogens with two attached hydrogens (primary N) is 1. The molecule has 0 radical (unpaired) electrons. The lowest BCUT2D eigenvalue weighted by Crippen LogP contribution is -2.54. The molecule has 2 aromatic carbocycles. The Hall–Kier alpha value is -3.64. The number of benzene rings is 2. The van der Waals surface area contributed by atoms with E-state index in [0.29, 0.717) is 11.4 Å². The molecule has 1 aliphatic rings. The Kier molecular flexibility index (Phi) is 9.34. The van der Waals surface area contributed by atoms with Crippen molar-refractivity contribution in [3.8, 4) is 0 Å². The Bertz CT molecular complexity index is 1240. The number of carbonyl (C=O) groups excluding carboxylic acids is 3. The molecule has 6 nitrogen and oxygen atoms in total. The number of fused-ring (bicyclic) bond motifs is 1. The lowest BCUT2D eigenvalue weighted by Gasteiger charge is -2.37. The maximum Gasteiger partial charge on any atom is 0.253 e. The largest absolute Gasteiger partial charge is 0.369 e. The molecule has 2 aromatic rings. The quantitative estimate of drug-likeness (QED) is 0.372.